The van der Waals surface area contributed by atoms with Crippen LogP contribution in [0.15, 0.2) is 53.7 Å². The summed E-state index contributed by atoms with van der Waals surface area (Å²) in [4.78, 5) is 18.9. The van der Waals surface area contributed by atoms with Crippen molar-refractivity contribution in [1.29, 1.82) is 0 Å². The lowest BCUT2D eigenvalue weighted by molar-refractivity contribution is 0.0916. The summed E-state index contributed by atoms with van der Waals surface area (Å²) in [5, 5.41) is 1.02. The van der Waals surface area contributed by atoms with Gasteiger partial charge in [0.05, 0.1) is 6.04 Å². The van der Waals surface area contributed by atoms with E-state index < -0.39 is 0 Å². The summed E-state index contributed by atoms with van der Waals surface area (Å²) in [6.07, 6.45) is 3.53. The van der Waals surface area contributed by atoms with Gasteiger partial charge >= 0.3 is 6.09 Å². The Balaban J connectivity index is 1.70. The molecular weight excluding hydrogens is 320 g/mol. The van der Waals surface area contributed by atoms with Crippen LogP contribution in [-0.2, 0) is 11.3 Å². The Morgan fingerprint density at radius 2 is 2.12 bits per heavy atom. The lowest BCUT2D eigenvalue weighted by atomic mass is 10.1. The molecule has 0 bridgehead atoms. The van der Waals surface area contributed by atoms with Gasteiger partial charge in [0, 0.05) is 18.3 Å². The number of ether oxygens (including phenoxy) is 1. The van der Waals surface area contributed by atoms with Crippen molar-refractivity contribution in [2.75, 3.05) is 12.3 Å². The third-order valence-electron chi connectivity index (χ3n) is 4.13. The van der Waals surface area contributed by atoms with Crippen LogP contribution in [0.1, 0.15) is 36.9 Å². The average Bonchev–Trinajstić information content (AvgIpc) is 3.11. The third kappa shape index (κ3) is 3.90. The molecule has 1 aliphatic rings. The summed E-state index contributed by atoms with van der Waals surface area (Å²) in [6, 6.07) is 13.9. The minimum Gasteiger partial charge on any atom is -0.445 e. The molecular formula is C19H22N2O2S. The first-order valence-corrected chi connectivity index (χ1v) is 9.33. The van der Waals surface area contributed by atoms with Crippen molar-refractivity contribution in [3.8, 4) is 0 Å². The summed E-state index contributed by atoms with van der Waals surface area (Å²) < 4.78 is 5.52. The van der Waals surface area contributed by atoms with Gasteiger partial charge in [-0.15, -0.1) is 11.8 Å². The Morgan fingerprint density at radius 1 is 1.29 bits per heavy atom. The van der Waals surface area contributed by atoms with Gasteiger partial charge in [0.25, 0.3) is 0 Å². The van der Waals surface area contributed by atoms with Crippen LogP contribution in [0, 0.1) is 0 Å². The zero-order chi connectivity index (χ0) is 16.8. The second kappa shape index (κ2) is 8.20. The highest BCUT2D eigenvalue weighted by Crippen LogP contribution is 2.36. The van der Waals surface area contributed by atoms with Gasteiger partial charge in [-0.05, 0) is 30.2 Å². The molecule has 0 aliphatic carbocycles. The minimum atomic E-state index is -0.238. The number of aromatic nitrogens is 1. The fourth-order valence-electron chi connectivity index (χ4n) is 3.02. The van der Waals surface area contributed by atoms with Crippen molar-refractivity contribution in [2.24, 2.45) is 0 Å². The van der Waals surface area contributed by atoms with E-state index in [9.17, 15) is 4.79 Å². The van der Waals surface area contributed by atoms with Crippen LogP contribution in [0.3, 0.4) is 0 Å². The minimum absolute atomic E-state index is 0.0658. The maximum atomic E-state index is 12.5. The number of benzene rings is 1. The van der Waals surface area contributed by atoms with E-state index in [2.05, 4.69) is 18.0 Å². The van der Waals surface area contributed by atoms with Gasteiger partial charge in [0.15, 0.2) is 0 Å². The molecule has 1 atom stereocenters. The Morgan fingerprint density at radius 3 is 2.92 bits per heavy atom. The van der Waals surface area contributed by atoms with Crippen molar-refractivity contribution >= 4 is 17.9 Å². The maximum absolute atomic E-state index is 12.5. The molecule has 2 aromatic rings. The van der Waals surface area contributed by atoms with Crippen molar-refractivity contribution < 1.29 is 9.53 Å². The lowest BCUT2D eigenvalue weighted by Gasteiger charge is -2.25. The van der Waals surface area contributed by atoms with Crippen molar-refractivity contribution in [1.82, 2.24) is 9.88 Å². The molecule has 1 amide bonds. The second-order valence-corrected chi connectivity index (χ2v) is 6.98. The molecule has 0 spiro atoms. The molecule has 5 heteroatoms. The van der Waals surface area contributed by atoms with Crippen LogP contribution in [0.4, 0.5) is 4.79 Å². The summed E-state index contributed by atoms with van der Waals surface area (Å²) in [7, 11) is 0. The van der Waals surface area contributed by atoms with Gasteiger partial charge in [0.1, 0.15) is 11.6 Å². The van der Waals surface area contributed by atoms with Crippen LogP contribution in [0.5, 0.6) is 0 Å². The molecule has 1 aromatic carbocycles. The first-order valence-electron chi connectivity index (χ1n) is 8.34. The van der Waals surface area contributed by atoms with E-state index in [1.807, 2.05) is 47.5 Å². The zero-order valence-electron chi connectivity index (χ0n) is 13.9. The fourth-order valence-corrected chi connectivity index (χ4v) is 3.80. The van der Waals surface area contributed by atoms with E-state index in [-0.39, 0.29) is 12.1 Å². The fraction of sp³-hybridized carbons (Fsp3) is 0.368. The first-order chi connectivity index (χ1) is 11.8. The van der Waals surface area contributed by atoms with E-state index >= 15 is 0 Å². The smallest absolute Gasteiger partial charge is 0.410 e. The maximum Gasteiger partial charge on any atom is 0.410 e. The molecule has 1 aliphatic heterocycles. The first kappa shape index (κ1) is 16.8. The highest BCUT2D eigenvalue weighted by molar-refractivity contribution is 7.99. The van der Waals surface area contributed by atoms with E-state index in [1.54, 1.807) is 11.8 Å². The van der Waals surface area contributed by atoms with Gasteiger partial charge in [-0.1, -0.05) is 43.3 Å². The number of rotatable bonds is 5. The van der Waals surface area contributed by atoms with Crippen LogP contribution in [-0.4, -0.2) is 28.3 Å². The average molecular weight is 342 g/mol. The molecule has 2 heterocycles. The van der Waals surface area contributed by atoms with E-state index in [1.165, 1.54) is 0 Å². The number of nitrogens with zero attached hydrogens (tertiary/aromatic N) is 2. The molecule has 4 nitrogen and oxygen atoms in total. The number of hydrogen-bond acceptors (Lipinski definition) is 4. The normalized spacial score (nSPS) is 17.0. The van der Waals surface area contributed by atoms with Crippen molar-refractivity contribution in [3.05, 3.63) is 59.8 Å². The molecule has 1 saturated heterocycles. The molecule has 1 aromatic heterocycles. The number of carbonyl (C=O) groups is 1. The van der Waals surface area contributed by atoms with Crippen LogP contribution in [0.25, 0.3) is 0 Å². The van der Waals surface area contributed by atoms with Gasteiger partial charge in [0.2, 0.25) is 0 Å². The highest BCUT2D eigenvalue weighted by Gasteiger charge is 2.32. The molecule has 0 N–H and O–H groups in total. The van der Waals surface area contributed by atoms with Crippen molar-refractivity contribution in [3.63, 3.8) is 0 Å². The van der Waals surface area contributed by atoms with Crippen LogP contribution in [0.2, 0.25) is 0 Å². The molecule has 24 heavy (non-hydrogen) atoms. The predicted molar refractivity (Wildman–Crippen MR) is 95.9 cm³/mol. The Bertz CT molecular complexity index is 678. The Labute approximate surface area is 147 Å². The topological polar surface area (TPSA) is 42.4 Å². The van der Waals surface area contributed by atoms with Crippen LogP contribution >= 0.6 is 11.8 Å². The van der Waals surface area contributed by atoms with Gasteiger partial charge in [-0.2, -0.15) is 0 Å². The largest absolute Gasteiger partial charge is 0.445 e. The number of amides is 1. The molecule has 0 unspecified atom stereocenters. The quantitative estimate of drug-likeness (QED) is 0.741. The second-order valence-electron chi connectivity index (χ2n) is 5.72. The number of hydrogen-bond donors (Lipinski definition) is 0. The predicted octanol–water partition coefficient (Wildman–Crippen LogP) is 4.67. The standard InChI is InChI=1S/C19H22N2O2S/c1-2-24-18-16(10-6-12-20-18)17-11-7-13-21(17)19(22)23-14-15-8-4-3-5-9-15/h3-6,8-10,12,17H,2,7,11,13-14H2,1H3/t17-/m0/s1. The highest BCUT2D eigenvalue weighted by atomic mass is 32.2. The summed E-state index contributed by atoms with van der Waals surface area (Å²) in [6.45, 7) is 3.17. The summed E-state index contributed by atoms with van der Waals surface area (Å²) >= 11 is 1.72. The van der Waals surface area contributed by atoms with E-state index in [4.69, 9.17) is 4.74 Å². The monoisotopic (exact) mass is 342 g/mol. The number of likely N-dealkylation sites (tertiary alicyclic amines) is 1. The van der Waals surface area contributed by atoms with Gasteiger partial charge in [-0.3, -0.25) is 0 Å². The molecule has 0 radical (unpaired) electrons. The van der Waals surface area contributed by atoms with Crippen LogP contribution < -0.4 is 0 Å². The molecule has 1 fully saturated rings. The van der Waals surface area contributed by atoms with Crippen molar-refractivity contribution in [2.45, 2.75) is 37.4 Å². The molecule has 3 rings (SSSR count). The van der Waals surface area contributed by atoms with Gasteiger partial charge in [-0.25, -0.2) is 9.78 Å². The molecule has 126 valence electrons. The van der Waals surface area contributed by atoms with E-state index in [0.29, 0.717) is 6.61 Å². The lowest BCUT2D eigenvalue weighted by Crippen LogP contribution is -2.31. The summed E-state index contributed by atoms with van der Waals surface area (Å²) in [5.74, 6) is 0.967. The SMILES string of the molecule is CCSc1ncccc1[C@@H]1CCCN1C(=O)OCc1ccccc1. The third-order valence-corrected chi connectivity index (χ3v) is 5.04. The summed E-state index contributed by atoms with van der Waals surface area (Å²) in [5.41, 5.74) is 2.14. The van der Waals surface area contributed by atoms with E-state index in [0.717, 1.165) is 41.3 Å². The number of pyridine rings is 1. The Kier molecular flexibility index (Phi) is 5.75. The van der Waals surface area contributed by atoms with Gasteiger partial charge < -0.3 is 9.64 Å². The number of carbonyl (C=O) groups excluding carboxylic acids is 1. The number of thioether (sulfide) groups is 1. The Hall–Kier alpha value is -2.01. The molecule has 0 saturated carbocycles. The zero-order valence-corrected chi connectivity index (χ0v) is 14.7.